The molecule has 2 aromatic carbocycles. The Bertz CT molecular complexity index is 957. The van der Waals surface area contributed by atoms with E-state index in [1.807, 2.05) is 37.3 Å². The van der Waals surface area contributed by atoms with Crippen molar-refractivity contribution in [3.63, 3.8) is 0 Å². The zero-order valence-electron chi connectivity index (χ0n) is 13.9. The average Bonchev–Trinajstić information content (AvgIpc) is 3.28. The summed E-state index contributed by atoms with van der Waals surface area (Å²) in [6.07, 6.45) is 0. The average molecular weight is 369 g/mol. The molecule has 0 unspecified atom stereocenters. The standard InChI is InChI=1S/C18H15N3O4S/c1-11-3-2-4-13(7-11)19-16(22)9-26-18-21-20-17(25-18)12-5-6-14-15(8-12)24-10-23-14/h2-8H,9-10H2,1H3,(H,19,22). The first-order valence-electron chi connectivity index (χ1n) is 7.90. The number of hydrogen-bond acceptors (Lipinski definition) is 7. The minimum Gasteiger partial charge on any atom is -0.454 e. The number of fused-ring (bicyclic) bond motifs is 1. The Morgan fingerprint density at radius 1 is 1.15 bits per heavy atom. The Morgan fingerprint density at radius 2 is 2.04 bits per heavy atom. The van der Waals surface area contributed by atoms with E-state index in [0.717, 1.165) is 16.8 Å². The van der Waals surface area contributed by atoms with Gasteiger partial charge in [-0.2, -0.15) is 0 Å². The molecule has 7 nitrogen and oxygen atoms in total. The Labute approximate surface area is 153 Å². The Balaban J connectivity index is 1.37. The van der Waals surface area contributed by atoms with Crippen LogP contribution < -0.4 is 14.8 Å². The van der Waals surface area contributed by atoms with Crippen LogP contribution in [0.4, 0.5) is 5.69 Å². The van der Waals surface area contributed by atoms with E-state index >= 15 is 0 Å². The van der Waals surface area contributed by atoms with E-state index in [9.17, 15) is 4.79 Å². The molecule has 2 heterocycles. The summed E-state index contributed by atoms with van der Waals surface area (Å²) in [5, 5.41) is 11.2. The molecule has 0 saturated carbocycles. The van der Waals surface area contributed by atoms with Crippen LogP contribution in [0.25, 0.3) is 11.5 Å². The highest BCUT2D eigenvalue weighted by Crippen LogP contribution is 2.36. The maximum Gasteiger partial charge on any atom is 0.277 e. The van der Waals surface area contributed by atoms with E-state index in [0.29, 0.717) is 22.6 Å². The normalized spacial score (nSPS) is 12.2. The summed E-state index contributed by atoms with van der Waals surface area (Å²) in [5.74, 6) is 1.74. The molecule has 0 fully saturated rings. The molecule has 132 valence electrons. The molecule has 0 aliphatic carbocycles. The van der Waals surface area contributed by atoms with Crippen LogP contribution in [0.3, 0.4) is 0 Å². The highest BCUT2D eigenvalue weighted by molar-refractivity contribution is 7.99. The van der Waals surface area contributed by atoms with E-state index in [-0.39, 0.29) is 18.5 Å². The fourth-order valence-electron chi connectivity index (χ4n) is 2.46. The van der Waals surface area contributed by atoms with Crippen molar-refractivity contribution in [3.8, 4) is 23.0 Å². The first-order valence-corrected chi connectivity index (χ1v) is 8.89. The van der Waals surface area contributed by atoms with Crippen molar-refractivity contribution in [2.45, 2.75) is 12.1 Å². The Kier molecular flexibility index (Phi) is 4.49. The van der Waals surface area contributed by atoms with Crippen LogP contribution in [-0.2, 0) is 4.79 Å². The van der Waals surface area contributed by atoms with Crippen molar-refractivity contribution in [1.82, 2.24) is 10.2 Å². The number of anilines is 1. The van der Waals surface area contributed by atoms with Gasteiger partial charge in [0.1, 0.15) is 0 Å². The molecule has 8 heteroatoms. The van der Waals surface area contributed by atoms with Crippen LogP contribution in [0, 0.1) is 6.92 Å². The lowest BCUT2D eigenvalue weighted by atomic mass is 10.2. The maximum absolute atomic E-state index is 12.0. The van der Waals surface area contributed by atoms with Crippen LogP contribution in [0.15, 0.2) is 52.1 Å². The number of aromatic nitrogens is 2. The monoisotopic (exact) mass is 369 g/mol. The third kappa shape index (κ3) is 3.65. The number of ether oxygens (including phenoxy) is 2. The van der Waals surface area contributed by atoms with Gasteiger partial charge in [-0.3, -0.25) is 4.79 Å². The highest BCUT2D eigenvalue weighted by atomic mass is 32.2. The molecule has 1 amide bonds. The molecule has 1 aliphatic rings. The number of rotatable bonds is 5. The van der Waals surface area contributed by atoms with Gasteiger partial charge in [0, 0.05) is 11.3 Å². The SMILES string of the molecule is Cc1cccc(NC(=O)CSc2nnc(-c3ccc4c(c3)OCO4)o2)c1. The van der Waals surface area contributed by atoms with Gasteiger partial charge in [0.15, 0.2) is 11.5 Å². The number of benzene rings is 2. The van der Waals surface area contributed by atoms with Crippen molar-refractivity contribution in [2.75, 3.05) is 17.9 Å². The number of amides is 1. The summed E-state index contributed by atoms with van der Waals surface area (Å²) in [5.41, 5.74) is 2.58. The van der Waals surface area contributed by atoms with Crippen molar-refractivity contribution in [3.05, 3.63) is 48.0 Å². The molecular weight excluding hydrogens is 354 g/mol. The summed E-state index contributed by atoms with van der Waals surface area (Å²) in [6, 6.07) is 13.0. The van der Waals surface area contributed by atoms with Gasteiger partial charge >= 0.3 is 0 Å². The van der Waals surface area contributed by atoms with E-state index in [2.05, 4.69) is 15.5 Å². The first-order chi connectivity index (χ1) is 12.7. The number of hydrogen-bond donors (Lipinski definition) is 1. The van der Waals surface area contributed by atoms with Crippen molar-refractivity contribution >= 4 is 23.4 Å². The smallest absolute Gasteiger partial charge is 0.277 e. The summed E-state index contributed by atoms with van der Waals surface area (Å²) in [6.45, 7) is 2.18. The second-order valence-corrected chi connectivity index (χ2v) is 6.57. The van der Waals surface area contributed by atoms with Gasteiger partial charge in [0.05, 0.1) is 5.75 Å². The molecule has 0 atom stereocenters. The van der Waals surface area contributed by atoms with E-state index in [4.69, 9.17) is 13.9 Å². The number of aryl methyl sites for hydroxylation is 1. The molecule has 3 aromatic rings. The highest BCUT2D eigenvalue weighted by Gasteiger charge is 2.17. The topological polar surface area (TPSA) is 86.5 Å². The zero-order chi connectivity index (χ0) is 17.9. The number of thioether (sulfide) groups is 1. The number of carbonyl (C=O) groups excluding carboxylic acids is 1. The third-order valence-corrected chi connectivity index (χ3v) is 4.47. The van der Waals surface area contributed by atoms with Crippen LogP contribution in [-0.4, -0.2) is 28.7 Å². The zero-order valence-corrected chi connectivity index (χ0v) is 14.7. The number of carbonyl (C=O) groups is 1. The predicted octanol–water partition coefficient (Wildman–Crippen LogP) is 3.50. The third-order valence-electron chi connectivity index (χ3n) is 3.65. The van der Waals surface area contributed by atoms with Gasteiger partial charge < -0.3 is 19.2 Å². The Morgan fingerprint density at radius 3 is 2.92 bits per heavy atom. The number of nitrogens with one attached hydrogen (secondary N) is 1. The number of nitrogens with zero attached hydrogens (tertiary/aromatic N) is 2. The minimum atomic E-state index is -0.136. The second kappa shape index (κ2) is 7.09. The Hall–Kier alpha value is -3.00. The summed E-state index contributed by atoms with van der Waals surface area (Å²) < 4.78 is 16.2. The molecule has 0 spiro atoms. The molecule has 1 aromatic heterocycles. The van der Waals surface area contributed by atoms with Gasteiger partial charge in [0.2, 0.25) is 18.6 Å². The van der Waals surface area contributed by atoms with Crippen molar-refractivity contribution < 1.29 is 18.7 Å². The van der Waals surface area contributed by atoms with E-state index in [1.165, 1.54) is 11.8 Å². The van der Waals surface area contributed by atoms with E-state index in [1.54, 1.807) is 12.1 Å². The molecule has 4 rings (SSSR count). The molecule has 26 heavy (non-hydrogen) atoms. The van der Waals surface area contributed by atoms with Crippen molar-refractivity contribution in [1.29, 1.82) is 0 Å². The molecule has 0 bridgehead atoms. The van der Waals surface area contributed by atoms with Gasteiger partial charge in [-0.1, -0.05) is 23.9 Å². The van der Waals surface area contributed by atoms with Gasteiger partial charge in [-0.05, 0) is 42.8 Å². The molecule has 1 aliphatic heterocycles. The van der Waals surface area contributed by atoms with E-state index < -0.39 is 0 Å². The lowest BCUT2D eigenvalue weighted by Crippen LogP contribution is -2.13. The largest absolute Gasteiger partial charge is 0.454 e. The van der Waals surface area contributed by atoms with Crippen LogP contribution in [0.5, 0.6) is 11.5 Å². The fraction of sp³-hybridized carbons (Fsp3) is 0.167. The lowest BCUT2D eigenvalue weighted by Gasteiger charge is -2.04. The molecule has 0 saturated heterocycles. The van der Waals surface area contributed by atoms with Crippen LogP contribution in [0.1, 0.15) is 5.56 Å². The fourth-order valence-corrected chi connectivity index (χ4v) is 3.02. The minimum absolute atomic E-state index is 0.136. The van der Waals surface area contributed by atoms with Crippen LogP contribution in [0.2, 0.25) is 0 Å². The van der Waals surface area contributed by atoms with Gasteiger partial charge in [-0.25, -0.2) is 0 Å². The van der Waals surface area contributed by atoms with Gasteiger partial charge in [0.25, 0.3) is 5.22 Å². The maximum atomic E-state index is 12.0. The summed E-state index contributed by atoms with van der Waals surface area (Å²) in [4.78, 5) is 12.0. The quantitative estimate of drug-likeness (QED) is 0.689. The predicted molar refractivity (Wildman–Crippen MR) is 96.4 cm³/mol. The molecule has 0 radical (unpaired) electrons. The first kappa shape index (κ1) is 16.5. The lowest BCUT2D eigenvalue weighted by molar-refractivity contribution is -0.113. The van der Waals surface area contributed by atoms with Crippen molar-refractivity contribution in [2.24, 2.45) is 0 Å². The second-order valence-electron chi connectivity index (χ2n) is 5.65. The summed E-state index contributed by atoms with van der Waals surface area (Å²) >= 11 is 1.18. The van der Waals surface area contributed by atoms with Crippen LogP contribution >= 0.6 is 11.8 Å². The molecular formula is C18H15N3O4S. The molecule has 1 N–H and O–H groups in total. The summed E-state index contributed by atoms with van der Waals surface area (Å²) in [7, 11) is 0. The van der Waals surface area contributed by atoms with Gasteiger partial charge in [-0.15, -0.1) is 10.2 Å².